The molecule has 0 radical (unpaired) electrons. The second kappa shape index (κ2) is 3.69. The summed E-state index contributed by atoms with van der Waals surface area (Å²) in [5.74, 6) is -0.178. The first-order valence-corrected chi connectivity index (χ1v) is 4.92. The van der Waals surface area contributed by atoms with E-state index in [2.05, 4.69) is 9.72 Å². The van der Waals surface area contributed by atoms with E-state index in [-0.39, 0.29) is 20.5 Å². The van der Waals surface area contributed by atoms with Crippen LogP contribution in [0.1, 0.15) is 9.01 Å². The summed E-state index contributed by atoms with van der Waals surface area (Å²) in [6, 6.07) is 0. The van der Waals surface area contributed by atoms with Gasteiger partial charge in [0.15, 0.2) is 0 Å². The molecule has 0 bridgehead atoms. The number of carbonyl (C=O) groups excluding carboxylic acids is 1. The molecule has 0 aliphatic heterocycles. The van der Waals surface area contributed by atoms with Gasteiger partial charge in [-0.05, 0) is 0 Å². The summed E-state index contributed by atoms with van der Waals surface area (Å²) < 4.78 is 6.75. The van der Waals surface area contributed by atoms with Crippen LogP contribution in [0.15, 0.2) is 6.20 Å². The predicted octanol–water partition coefficient (Wildman–Crippen LogP) is 0.163. The van der Waals surface area contributed by atoms with Crippen LogP contribution in [0.2, 0.25) is 0 Å². The third-order valence-electron chi connectivity index (χ3n) is 1.22. The average Bonchev–Trinajstić information content (AvgIpc) is 2.35. The monoisotopic (exact) mass is 219 g/mol. The van der Waals surface area contributed by atoms with Gasteiger partial charge in [0, 0.05) is 0 Å². The van der Waals surface area contributed by atoms with Gasteiger partial charge in [-0.2, -0.15) is 0 Å². The minimum atomic E-state index is -0.178. The fourth-order valence-electron chi connectivity index (χ4n) is 0.701. The minimum absolute atomic E-state index is 0.178. The molecule has 4 heteroatoms. The Morgan fingerprint density at radius 3 is 3.00 bits per heavy atom. The van der Waals surface area contributed by atoms with Crippen molar-refractivity contribution in [1.29, 1.82) is 0 Å². The number of aryl methyl sites for hydroxylation is 1. The van der Waals surface area contributed by atoms with E-state index in [1.165, 1.54) is 7.11 Å². The predicted molar refractivity (Wildman–Crippen MR) is 41.6 cm³/mol. The number of esters is 1. The van der Waals surface area contributed by atoms with Gasteiger partial charge in [-0.15, -0.1) is 0 Å². The van der Waals surface area contributed by atoms with E-state index in [4.69, 9.17) is 0 Å². The van der Waals surface area contributed by atoms with Crippen molar-refractivity contribution in [2.24, 2.45) is 0 Å². The summed E-state index contributed by atoms with van der Waals surface area (Å²) in [4.78, 5) is 14.8. The van der Waals surface area contributed by atoms with Crippen molar-refractivity contribution in [1.82, 2.24) is 4.98 Å². The number of nitrogens with zero attached hydrogens (tertiary/aromatic N) is 1. The maximum atomic E-state index is 10.8. The molecule has 0 aliphatic rings. The second-order valence-electron chi connectivity index (χ2n) is 2.10. The first-order chi connectivity index (χ1) is 5.22. The average molecular weight is 218 g/mol. The Bertz CT molecular complexity index is 257. The van der Waals surface area contributed by atoms with Crippen LogP contribution in [0.4, 0.5) is 0 Å². The van der Waals surface area contributed by atoms with E-state index >= 15 is 0 Å². The van der Waals surface area contributed by atoms with E-state index in [0.29, 0.717) is 6.42 Å². The molecule has 0 fully saturated rings. The molecule has 0 unspecified atom stereocenters. The Morgan fingerprint density at radius 1 is 1.82 bits per heavy atom. The summed E-state index contributed by atoms with van der Waals surface area (Å²) in [7, 11) is 1.40. The van der Waals surface area contributed by atoms with Crippen LogP contribution in [0, 0.1) is 6.92 Å². The molecule has 60 valence electrons. The molecule has 0 aliphatic carbocycles. The van der Waals surface area contributed by atoms with Gasteiger partial charge in [-0.3, -0.25) is 0 Å². The molecule has 0 saturated carbocycles. The molecule has 3 nitrogen and oxygen atoms in total. The molecule has 1 aromatic heterocycles. The molecule has 0 spiro atoms. The summed E-state index contributed by atoms with van der Waals surface area (Å²) in [6.45, 7) is 1.97. The van der Waals surface area contributed by atoms with Crippen LogP contribution < -0.4 is 0 Å². The molecule has 1 rings (SSSR count). The fraction of sp³-hybridized carbons (Fsp3) is 0.429. The van der Waals surface area contributed by atoms with Gasteiger partial charge in [0.05, 0.1) is 0 Å². The summed E-state index contributed by atoms with van der Waals surface area (Å²) in [6.07, 6.45) is 2.17. The quantitative estimate of drug-likeness (QED) is 0.524. The summed E-state index contributed by atoms with van der Waals surface area (Å²) >= 11 is 0.286. The van der Waals surface area contributed by atoms with Crippen LogP contribution in [0.5, 0.6) is 0 Å². The number of carbonyl (C=O) groups is 1. The zero-order valence-corrected chi connectivity index (χ0v) is 8.17. The number of hydrogen-bond acceptors (Lipinski definition) is 3. The molecular formula is C7H9NO2Se. The topological polar surface area (TPSA) is 39.2 Å². The first-order valence-electron chi connectivity index (χ1n) is 3.20. The number of rotatable bonds is 2. The van der Waals surface area contributed by atoms with Gasteiger partial charge in [-0.1, -0.05) is 0 Å². The standard InChI is InChI=1S/C7H9NO2Se/c1-5-8-4-6(11-5)3-7(9)10-2/h4H,3H2,1-2H3. The van der Waals surface area contributed by atoms with Crippen LogP contribution in [-0.2, 0) is 16.0 Å². The molecule has 1 aromatic rings. The van der Waals surface area contributed by atoms with Gasteiger partial charge in [0.1, 0.15) is 0 Å². The third kappa shape index (κ3) is 2.48. The third-order valence-corrected chi connectivity index (χ3v) is 3.13. The van der Waals surface area contributed by atoms with Crippen LogP contribution in [-0.4, -0.2) is 32.6 Å². The van der Waals surface area contributed by atoms with E-state index in [1.807, 2.05) is 6.92 Å². The van der Waals surface area contributed by atoms with Crippen LogP contribution in [0.3, 0.4) is 0 Å². The van der Waals surface area contributed by atoms with E-state index in [9.17, 15) is 4.79 Å². The molecule has 0 N–H and O–H groups in total. The molecule has 0 atom stereocenters. The van der Waals surface area contributed by atoms with Crippen LogP contribution in [0.25, 0.3) is 0 Å². The number of hydrogen-bond donors (Lipinski definition) is 0. The van der Waals surface area contributed by atoms with Crippen molar-refractivity contribution < 1.29 is 9.53 Å². The van der Waals surface area contributed by atoms with Crippen molar-refractivity contribution in [2.45, 2.75) is 13.3 Å². The molecule has 0 saturated heterocycles. The molecular weight excluding hydrogens is 209 g/mol. The fourth-order valence-corrected chi connectivity index (χ4v) is 2.34. The number of methoxy groups -OCH3 is 1. The number of ether oxygens (including phenoxy) is 1. The second-order valence-corrected chi connectivity index (χ2v) is 4.87. The summed E-state index contributed by atoms with van der Waals surface area (Å²) in [5.41, 5.74) is 0. The van der Waals surface area contributed by atoms with Crippen molar-refractivity contribution in [3.63, 3.8) is 0 Å². The Kier molecular flexibility index (Phi) is 2.85. The summed E-state index contributed by atoms with van der Waals surface area (Å²) in [5, 5.41) is 0. The zero-order valence-electron chi connectivity index (χ0n) is 6.46. The Morgan fingerprint density at radius 2 is 2.55 bits per heavy atom. The van der Waals surface area contributed by atoms with Gasteiger partial charge < -0.3 is 0 Å². The van der Waals surface area contributed by atoms with E-state index in [1.54, 1.807) is 6.20 Å². The van der Waals surface area contributed by atoms with Gasteiger partial charge >= 0.3 is 70.6 Å². The first kappa shape index (κ1) is 8.50. The molecule has 1 heterocycles. The zero-order chi connectivity index (χ0) is 8.27. The Hall–Kier alpha value is -0.601. The van der Waals surface area contributed by atoms with Gasteiger partial charge in [-0.25, -0.2) is 0 Å². The van der Waals surface area contributed by atoms with Crippen molar-refractivity contribution >= 4 is 20.5 Å². The SMILES string of the molecule is COC(=O)Cc1cnc(C)[se]1. The van der Waals surface area contributed by atoms with Crippen molar-refractivity contribution in [2.75, 3.05) is 7.11 Å². The van der Waals surface area contributed by atoms with Gasteiger partial charge in [0.25, 0.3) is 0 Å². The normalized spacial score (nSPS) is 9.64. The Balaban J connectivity index is 2.57. The molecule has 0 amide bonds. The molecule has 11 heavy (non-hydrogen) atoms. The molecule has 0 aromatic carbocycles. The van der Waals surface area contributed by atoms with Gasteiger partial charge in [0.2, 0.25) is 0 Å². The van der Waals surface area contributed by atoms with E-state index in [0.717, 1.165) is 9.01 Å². The van der Waals surface area contributed by atoms with E-state index < -0.39 is 0 Å². The number of aromatic nitrogens is 1. The maximum absolute atomic E-state index is 10.8. The Labute approximate surface area is 71.1 Å². The van der Waals surface area contributed by atoms with Crippen molar-refractivity contribution in [3.8, 4) is 0 Å². The van der Waals surface area contributed by atoms with Crippen LogP contribution >= 0.6 is 0 Å². The van der Waals surface area contributed by atoms with Crippen molar-refractivity contribution in [3.05, 3.63) is 15.2 Å².